The topological polar surface area (TPSA) is 149 Å². The fourth-order valence-electron chi connectivity index (χ4n) is 6.25. The number of ketones is 2. The van der Waals surface area contributed by atoms with Crippen LogP contribution >= 0.6 is 39.0 Å². The molecule has 0 bridgehead atoms. The molecule has 9 rings (SSSR count). The average molecular weight is 1130 g/mol. The SMILES string of the molecule is O.O=C1C(=O)C(Cl)=C([O-])C([O-])=C1Cl.[Os+2].c1ccc(N=Nc2ccccn2)cc1.c1ccc([PH+](c2ccccc2)c2ccccc2)cc1.c1ccc([PH+](c2ccccc2)c2ccccc2)cc1. The molecular weight excluding hydrogens is 1080 g/mol. The number of halogens is 2. The number of azo groups is 1. The van der Waals surface area contributed by atoms with Crippen LogP contribution in [0.25, 0.3) is 0 Å². The zero-order chi connectivity index (χ0) is 44.9. The normalized spacial score (nSPS) is 11.8. The molecule has 0 radical (unpaired) electrons. The van der Waals surface area contributed by atoms with Crippen LogP contribution in [-0.4, -0.2) is 22.0 Å². The molecule has 2 N–H and O–H groups in total. The third-order valence-corrected chi connectivity index (χ3v) is 15.4. The van der Waals surface area contributed by atoms with E-state index in [9.17, 15) is 19.8 Å². The Bertz CT molecular complexity index is 2390. The van der Waals surface area contributed by atoms with Gasteiger partial charge in [0.15, 0.2) is 5.82 Å². The molecule has 8 aromatic rings. The van der Waals surface area contributed by atoms with E-state index >= 15 is 0 Å². The number of hydrogen-bond acceptors (Lipinski definition) is 7. The summed E-state index contributed by atoms with van der Waals surface area (Å²) in [6, 6.07) is 80.1. The molecule has 0 fully saturated rings. The van der Waals surface area contributed by atoms with Gasteiger partial charge in [0, 0.05) is 6.20 Å². The Hall–Kier alpha value is -6.25. The number of carbonyl (C=O) groups is 2. The molecule has 1 aliphatic carbocycles. The van der Waals surface area contributed by atoms with E-state index < -0.39 is 49.0 Å². The number of allylic oxidation sites excluding steroid dienone is 2. The first-order valence-electron chi connectivity index (χ1n) is 20.0. The standard InChI is InChI=1S/2C18H15P.C11H9N3.C6H2Cl2O4.H2O.Os/c2*1-4-10-16(11-5-1)19(17-12-6-2-7-13-17)18-14-8-3-9-15-18;1-2-6-10(7-3-1)13-14-11-8-4-5-9-12-11;7-1-3(9)5(11)2(8)6(12)4(1)10;;/h2*1-15H;1-9H;9,11H;1H2;/q;;;;;+2. The van der Waals surface area contributed by atoms with Crippen LogP contribution in [0.2, 0.25) is 0 Å². The monoisotopic (exact) mass is 1130 g/mol. The van der Waals surface area contributed by atoms with Crippen LogP contribution < -0.4 is 42.0 Å². The zero-order valence-electron chi connectivity index (χ0n) is 35.1. The first-order valence-corrected chi connectivity index (χ1v) is 23.7. The van der Waals surface area contributed by atoms with E-state index in [4.69, 9.17) is 23.2 Å². The predicted octanol–water partition coefficient (Wildman–Crippen LogP) is 7.78. The van der Waals surface area contributed by atoms with Gasteiger partial charge in [-0.3, -0.25) is 9.59 Å². The van der Waals surface area contributed by atoms with Crippen molar-refractivity contribution in [3.8, 4) is 0 Å². The van der Waals surface area contributed by atoms with E-state index in [0.29, 0.717) is 5.82 Å². The summed E-state index contributed by atoms with van der Waals surface area (Å²) in [6.07, 6.45) is 1.69. The zero-order valence-corrected chi connectivity index (χ0v) is 41.2. The number of carbonyl (C=O) groups excluding carboxylic acids is 2. The van der Waals surface area contributed by atoms with Crippen molar-refractivity contribution in [1.29, 1.82) is 0 Å². The van der Waals surface area contributed by atoms with Crippen molar-refractivity contribution in [3.05, 3.63) is 258 Å². The second-order valence-corrected chi connectivity index (χ2v) is 19.3. The van der Waals surface area contributed by atoms with Gasteiger partial charge in [0.2, 0.25) is 11.6 Å². The molecule has 13 heteroatoms. The van der Waals surface area contributed by atoms with Crippen LogP contribution in [0.1, 0.15) is 0 Å². The van der Waals surface area contributed by atoms with Crippen molar-refractivity contribution < 1.29 is 45.1 Å². The van der Waals surface area contributed by atoms with Gasteiger partial charge < -0.3 is 15.7 Å². The molecule has 1 aliphatic rings. The third-order valence-electron chi connectivity index (χ3n) is 9.26. The summed E-state index contributed by atoms with van der Waals surface area (Å²) in [7, 11) is -1.75. The van der Waals surface area contributed by atoms with Crippen molar-refractivity contribution in [3.63, 3.8) is 0 Å². The maximum atomic E-state index is 10.7. The molecule has 1 heterocycles. The smallest absolute Gasteiger partial charge is 0.872 e. The minimum absolute atomic E-state index is 0. The predicted molar refractivity (Wildman–Crippen MR) is 267 cm³/mol. The Labute approximate surface area is 409 Å². The molecule has 0 aliphatic heterocycles. The van der Waals surface area contributed by atoms with E-state index in [1.54, 1.807) is 6.20 Å². The van der Waals surface area contributed by atoms with Gasteiger partial charge in [-0.15, -0.1) is 10.2 Å². The summed E-state index contributed by atoms with van der Waals surface area (Å²) < 4.78 is 0. The Balaban J connectivity index is 0.000000194. The molecule has 0 saturated carbocycles. The van der Waals surface area contributed by atoms with Gasteiger partial charge in [-0.05, 0) is 97.1 Å². The fourth-order valence-corrected chi connectivity index (χ4v) is 11.7. The fraction of sp³-hybridized carbons (Fsp3) is 0. The molecule has 0 atom stereocenters. The van der Waals surface area contributed by atoms with E-state index in [1.165, 1.54) is 31.8 Å². The molecule has 1 aromatic heterocycles. The van der Waals surface area contributed by atoms with E-state index in [-0.39, 0.29) is 25.3 Å². The van der Waals surface area contributed by atoms with E-state index in [0.717, 1.165) is 5.69 Å². The second kappa shape index (κ2) is 27.9. The van der Waals surface area contributed by atoms with Gasteiger partial charge in [-0.1, -0.05) is 168 Å². The molecule has 0 saturated heterocycles. The van der Waals surface area contributed by atoms with Gasteiger partial charge in [0.1, 0.15) is 31.8 Å². The Morgan fingerprint density at radius 3 is 0.894 bits per heavy atom. The van der Waals surface area contributed by atoms with Crippen molar-refractivity contribution >= 4 is 93.9 Å². The minimum Gasteiger partial charge on any atom is -0.872 e. The van der Waals surface area contributed by atoms with Gasteiger partial charge in [-0.2, -0.15) is 0 Å². The van der Waals surface area contributed by atoms with Gasteiger partial charge >= 0.3 is 19.8 Å². The number of rotatable bonds is 8. The summed E-state index contributed by atoms with van der Waals surface area (Å²) in [5, 5.41) is 36.2. The van der Waals surface area contributed by atoms with Crippen LogP contribution in [0.5, 0.6) is 0 Å². The number of aromatic nitrogens is 1. The number of hydrogen-bond donors (Lipinski definition) is 0. The molecule has 330 valence electrons. The van der Waals surface area contributed by atoms with Crippen molar-refractivity contribution in [1.82, 2.24) is 4.98 Å². The second-order valence-electron chi connectivity index (χ2n) is 13.6. The maximum Gasteiger partial charge on any atom is 2.00 e. The first-order chi connectivity index (χ1) is 31.3. The number of benzene rings is 7. The molecule has 0 spiro atoms. The summed E-state index contributed by atoms with van der Waals surface area (Å²) in [6.45, 7) is 0. The quantitative estimate of drug-likeness (QED) is 0.0660. The van der Waals surface area contributed by atoms with Crippen molar-refractivity contribution in [2.24, 2.45) is 10.2 Å². The van der Waals surface area contributed by atoms with Gasteiger partial charge in [0.05, 0.1) is 31.6 Å². The van der Waals surface area contributed by atoms with E-state index in [2.05, 4.69) is 197 Å². The Morgan fingerprint density at radius 2 is 0.636 bits per heavy atom. The average Bonchev–Trinajstić information content (AvgIpc) is 3.37. The summed E-state index contributed by atoms with van der Waals surface area (Å²) in [5.41, 5.74) is 0.832. The van der Waals surface area contributed by atoms with Crippen LogP contribution in [0.15, 0.2) is 269 Å². The maximum absolute atomic E-state index is 10.7. The van der Waals surface area contributed by atoms with Crippen molar-refractivity contribution in [2.45, 2.75) is 0 Å². The Morgan fingerprint density at radius 1 is 0.379 bits per heavy atom. The Kier molecular flexibility index (Phi) is 22.2. The summed E-state index contributed by atoms with van der Waals surface area (Å²) in [4.78, 5) is 25.4. The van der Waals surface area contributed by atoms with Crippen LogP contribution in [0.3, 0.4) is 0 Å². The summed E-state index contributed by atoms with van der Waals surface area (Å²) >= 11 is 10.2. The molecule has 8 nitrogen and oxygen atoms in total. The molecule has 0 unspecified atom stereocenters. The molecule has 7 aromatic carbocycles. The number of nitrogens with zero attached hydrogens (tertiary/aromatic N) is 3. The van der Waals surface area contributed by atoms with Crippen LogP contribution in [0, 0.1) is 0 Å². The molecular formula is C53H43Cl2N3O5OsP2+2. The van der Waals surface area contributed by atoms with Gasteiger partial charge in [-0.25, -0.2) is 4.98 Å². The van der Waals surface area contributed by atoms with Crippen LogP contribution in [-0.2, 0) is 29.4 Å². The van der Waals surface area contributed by atoms with Gasteiger partial charge in [0.25, 0.3) is 0 Å². The largest absolute Gasteiger partial charge is 2.00 e. The van der Waals surface area contributed by atoms with Crippen LogP contribution in [0.4, 0.5) is 11.5 Å². The number of Topliss-reactive ketones (excluding diaryl/α,β-unsaturated/α-hetero) is 2. The molecule has 0 amide bonds. The third kappa shape index (κ3) is 15.2. The van der Waals surface area contributed by atoms with Crippen molar-refractivity contribution in [2.75, 3.05) is 0 Å². The molecule has 66 heavy (non-hydrogen) atoms. The number of pyridine rings is 1. The minimum atomic E-state index is -1.23. The first kappa shape index (κ1) is 52.4. The summed E-state index contributed by atoms with van der Waals surface area (Å²) in [5.74, 6) is -4.30. The van der Waals surface area contributed by atoms with E-state index in [1.807, 2.05) is 48.5 Å².